The molecule has 86 valence electrons. The molecule has 0 bridgehead atoms. The number of thiophene rings is 1. The van der Waals surface area contributed by atoms with Crippen LogP contribution in [0, 0.1) is 6.92 Å². The van der Waals surface area contributed by atoms with Gasteiger partial charge in [-0.1, -0.05) is 37.2 Å². The van der Waals surface area contributed by atoms with Crippen molar-refractivity contribution in [1.82, 2.24) is 0 Å². The second-order valence-corrected chi connectivity index (χ2v) is 6.02. The van der Waals surface area contributed by atoms with Gasteiger partial charge in [-0.25, -0.2) is 0 Å². The average molecular weight is 271 g/mol. The zero-order valence-electron chi connectivity index (χ0n) is 9.66. The maximum absolute atomic E-state index is 5.81. The second-order valence-electron chi connectivity index (χ2n) is 2.92. The van der Waals surface area contributed by atoms with Gasteiger partial charge in [-0.05, 0) is 43.3 Å². The first-order chi connectivity index (χ1) is 7.74. The van der Waals surface area contributed by atoms with Crippen molar-refractivity contribution in [2.75, 3.05) is 0 Å². The van der Waals surface area contributed by atoms with Crippen molar-refractivity contribution in [3.8, 4) is 0 Å². The largest absolute Gasteiger partial charge is 0.134 e. The van der Waals surface area contributed by atoms with Gasteiger partial charge in [0.05, 0.1) is 4.21 Å². The van der Waals surface area contributed by atoms with Crippen LogP contribution in [0.25, 0.3) is 0 Å². The molecule has 0 nitrogen and oxygen atoms in total. The van der Waals surface area contributed by atoms with Crippen LogP contribution >= 0.6 is 34.7 Å². The van der Waals surface area contributed by atoms with E-state index in [0.29, 0.717) is 0 Å². The first-order valence-electron chi connectivity index (χ1n) is 5.24. The average Bonchev–Trinajstić information content (AvgIpc) is 2.70. The highest BCUT2D eigenvalue weighted by Crippen LogP contribution is 2.33. The molecule has 0 amide bonds. The fourth-order valence-corrected chi connectivity index (χ4v) is 3.29. The van der Waals surface area contributed by atoms with E-state index in [2.05, 4.69) is 19.1 Å². The maximum atomic E-state index is 5.81. The molecule has 2 aromatic rings. The molecule has 0 aliphatic heterocycles. The first-order valence-corrected chi connectivity index (χ1v) is 7.25. The van der Waals surface area contributed by atoms with Crippen LogP contribution < -0.4 is 0 Å². The fourth-order valence-electron chi connectivity index (χ4n) is 1.09. The zero-order valence-corrected chi connectivity index (χ0v) is 12.0. The third kappa shape index (κ3) is 4.20. The van der Waals surface area contributed by atoms with Crippen molar-refractivity contribution >= 4 is 34.7 Å². The van der Waals surface area contributed by atoms with Crippen molar-refractivity contribution < 1.29 is 0 Å². The summed E-state index contributed by atoms with van der Waals surface area (Å²) in [6.07, 6.45) is 0. The Bertz CT molecular complexity index is 418. The second kappa shape index (κ2) is 7.00. The molecule has 0 radical (unpaired) electrons. The number of rotatable bonds is 2. The first kappa shape index (κ1) is 13.6. The SMILES string of the molecule is CC.Cc1ccc(Sc2ccc(Cl)cc2)s1. The van der Waals surface area contributed by atoms with Crippen LogP contribution in [0.5, 0.6) is 0 Å². The summed E-state index contributed by atoms with van der Waals surface area (Å²) in [6, 6.07) is 12.2. The van der Waals surface area contributed by atoms with Gasteiger partial charge in [0.2, 0.25) is 0 Å². The van der Waals surface area contributed by atoms with Crippen LogP contribution in [0.2, 0.25) is 5.02 Å². The predicted molar refractivity (Wildman–Crippen MR) is 76.0 cm³/mol. The summed E-state index contributed by atoms with van der Waals surface area (Å²) in [7, 11) is 0. The lowest BCUT2D eigenvalue weighted by Gasteiger charge is -1.97. The van der Waals surface area contributed by atoms with E-state index in [9.17, 15) is 0 Å². The Hall–Kier alpha value is -0.440. The van der Waals surface area contributed by atoms with Crippen LogP contribution in [0.4, 0.5) is 0 Å². The Morgan fingerprint density at radius 3 is 2.12 bits per heavy atom. The lowest BCUT2D eigenvalue weighted by Crippen LogP contribution is -1.68. The van der Waals surface area contributed by atoms with Gasteiger partial charge in [-0.3, -0.25) is 0 Å². The van der Waals surface area contributed by atoms with Gasteiger partial charge in [-0.2, -0.15) is 0 Å². The molecule has 0 unspecified atom stereocenters. The van der Waals surface area contributed by atoms with Crippen LogP contribution in [-0.4, -0.2) is 0 Å². The van der Waals surface area contributed by atoms with Crippen molar-refractivity contribution in [2.24, 2.45) is 0 Å². The molecule has 0 spiro atoms. The number of aryl methyl sites for hydroxylation is 1. The Balaban J connectivity index is 0.000000606. The quantitative estimate of drug-likeness (QED) is 0.656. The summed E-state index contributed by atoms with van der Waals surface area (Å²) in [4.78, 5) is 2.58. The molecule has 3 heteroatoms. The summed E-state index contributed by atoms with van der Waals surface area (Å²) in [5.74, 6) is 0. The molecule has 0 saturated heterocycles. The molecule has 16 heavy (non-hydrogen) atoms. The molecule has 2 rings (SSSR count). The zero-order chi connectivity index (χ0) is 12.0. The predicted octanol–water partition coefficient (Wildman–Crippen LogP) is 5.89. The topological polar surface area (TPSA) is 0 Å². The molecule has 0 saturated carbocycles. The van der Waals surface area contributed by atoms with Gasteiger partial charge in [0.1, 0.15) is 0 Å². The van der Waals surface area contributed by atoms with Gasteiger partial charge in [0.25, 0.3) is 0 Å². The van der Waals surface area contributed by atoms with E-state index in [0.717, 1.165) is 5.02 Å². The number of benzene rings is 1. The lowest BCUT2D eigenvalue weighted by atomic mass is 10.4. The summed E-state index contributed by atoms with van der Waals surface area (Å²) in [5, 5.41) is 0.789. The third-order valence-corrected chi connectivity index (χ3v) is 4.14. The normalized spacial score (nSPS) is 9.50. The van der Waals surface area contributed by atoms with E-state index in [4.69, 9.17) is 11.6 Å². The van der Waals surface area contributed by atoms with Crippen molar-refractivity contribution in [3.05, 3.63) is 46.3 Å². The van der Waals surface area contributed by atoms with Gasteiger partial charge in [-0.15, -0.1) is 11.3 Å². The summed E-state index contributed by atoms with van der Waals surface area (Å²) >= 11 is 9.41. The third-order valence-electron chi connectivity index (χ3n) is 1.75. The monoisotopic (exact) mass is 270 g/mol. The van der Waals surface area contributed by atoms with E-state index < -0.39 is 0 Å². The maximum Gasteiger partial charge on any atom is 0.0649 e. The Kier molecular flexibility index (Phi) is 5.96. The molecule has 0 N–H and O–H groups in total. The molecule has 0 fully saturated rings. The molecular weight excluding hydrogens is 256 g/mol. The minimum absolute atomic E-state index is 0.789. The van der Waals surface area contributed by atoms with Crippen molar-refractivity contribution in [1.29, 1.82) is 0 Å². The fraction of sp³-hybridized carbons (Fsp3) is 0.231. The molecule has 0 atom stereocenters. The molecule has 0 aliphatic carbocycles. The highest BCUT2D eigenvalue weighted by molar-refractivity contribution is 8.01. The van der Waals surface area contributed by atoms with Gasteiger partial charge in [0, 0.05) is 14.8 Å². The Morgan fingerprint density at radius 1 is 1.00 bits per heavy atom. The smallest absolute Gasteiger partial charge is 0.0649 e. The van der Waals surface area contributed by atoms with Crippen LogP contribution in [0.1, 0.15) is 18.7 Å². The van der Waals surface area contributed by atoms with E-state index in [-0.39, 0.29) is 0 Å². The molecular formula is C13H15ClS2. The van der Waals surface area contributed by atoms with Crippen LogP contribution in [0.15, 0.2) is 45.5 Å². The lowest BCUT2D eigenvalue weighted by molar-refractivity contribution is 1.46. The van der Waals surface area contributed by atoms with Crippen molar-refractivity contribution in [3.63, 3.8) is 0 Å². The molecule has 0 aliphatic rings. The summed E-state index contributed by atoms with van der Waals surface area (Å²) in [6.45, 7) is 6.12. The molecule has 1 aromatic carbocycles. The van der Waals surface area contributed by atoms with E-state index in [1.165, 1.54) is 14.0 Å². The van der Waals surface area contributed by atoms with E-state index in [1.54, 1.807) is 11.8 Å². The highest BCUT2D eigenvalue weighted by Gasteiger charge is 1.99. The standard InChI is InChI=1S/C11H9ClS2.C2H6/c1-8-2-7-11(13-8)14-10-5-3-9(12)4-6-10;1-2/h2-7H,1H3;1-2H3. The number of halogens is 1. The molecule has 1 aromatic heterocycles. The summed E-state index contributed by atoms with van der Waals surface area (Å²) in [5.41, 5.74) is 0. The van der Waals surface area contributed by atoms with Gasteiger partial charge >= 0.3 is 0 Å². The summed E-state index contributed by atoms with van der Waals surface area (Å²) < 4.78 is 1.32. The Labute approximate surface area is 111 Å². The highest BCUT2D eigenvalue weighted by atomic mass is 35.5. The van der Waals surface area contributed by atoms with Gasteiger partial charge in [0.15, 0.2) is 0 Å². The Morgan fingerprint density at radius 2 is 1.62 bits per heavy atom. The minimum Gasteiger partial charge on any atom is -0.134 e. The van der Waals surface area contributed by atoms with E-state index >= 15 is 0 Å². The molecule has 1 heterocycles. The van der Waals surface area contributed by atoms with Crippen LogP contribution in [-0.2, 0) is 0 Å². The van der Waals surface area contributed by atoms with Crippen LogP contribution in [0.3, 0.4) is 0 Å². The number of hydrogen-bond acceptors (Lipinski definition) is 2. The number of hydrogen-bond donors (Lipinski definition) is 0. The van der Waals surface area contributed by atoms with E-state index in [1.807, 2.05) is 49.4 Å². The minimum atomic E-state index is 0.789. The van der Waals surface area contributed by atoms with Crippen molar-refractivity contribution in [2.45, 2.75) is 29.9 Å². The van der Waals surface area contributed by atoms with Gasteiger partial charge < -0.3 is 0 Å².